The summed E-state index contributed by atoms with van der Waals surface area (Å²) < 4.78 is 0. The molecule has 1 aliphatic rings. The van der Waals surface area contributed by atoms with E-state index in [4.69, 9.17) is 11.6 Å². The summed E-state index contributed by atoms with van der Waals surface area (Å²) in [6.07, 6.45) is 3.94. The normalized spacial score (nSPS) is 24.9. The molecule has 1 aliphatic heterocycles. The van der Waals surface area contributed by atoms with Crippen molar-refractivity contribution in [2.75, 3.05) is 20.1 Å². The van der Waals surface area contributed by atoms with Gasteiger partial charge >= 0.3 is 0 Å². The van der Waals surface area contributed by atoms with Gasteiger partial charge in [0.15, 0.2) is 0 Å². The maximum Gasteiger partial charge on any atom is 0.0406 e. The van der Waals surface area contributed by atoms with Crippen molar-refractivity contribution in [3.05, 3.63) is 34.9 Å². The monoisotopic (exact) mass is 294 g/mol. The summed E-state index contributed by atoms with van der Waals surface area (Å²) in [5, 5.41) is 4.44. The van der Waals surface area contributed by atoms with Crippen molar-refractivity contribution in [2.24, 2.45) is 5.92 Å². The lowest BCUT2D eigenvalue weighted by Gasteiger charge is -2.33. The Balaban J connectivity index is 2.18. The fraction of sp³-hybridized carbons (Fsp3) is 0.647. The Kier molecular flexibility index (Phi) is 5.88. The highest BCUT2D eigenvalue weighted by Gasteiger charge is 2.28. The predicted octanol–water partition coefficient (Wildman–Crippen LogP) is 4.11. The van der Waals surface area contributed by atoms with Gasteiger partial charge in [0.1, 0.15) is 0 Å². The number of halogens is 1. The average molecular weight is 295 g/mol. The summed E-state index contributed by atoms with van der Waals surface area (Å²) in [6.45, 7) is 6.72. The molecule has 0 spiro atoms. The van der Waals surface area contributed by atoms with Gasteiger partial charge < -0.3 is 5.32 Å². The number of nitrogens with one attached hydrogen (secondary N) is 1. The largest absolute Gasteiger partial charge is 0.314 e. The molecule has 3 heteroatoms. The standard InChI is InChI=1S/C17H27ClN2/c1-13(2)19-12-15-6-4-5-11-20(3)17(15)14-7-9-16(18)10-8-14/h7-10,13,15,17,19H,4-6,11-12H2,1-3H3. The molecule has 112 valence electrons. The Morgan fingerprint density at radius 1 is 1.25 bits per heavy atom. The summed E-state index contributed by atoms with van der Waals surface area (Å²) in [4.78, 5) is 2.52. The van der Waals surface area contributed by atoms with Gasteiger partial charge in [0.25, 0.3) is 0 Å². The van der Waals surface area contributed by atoms with Crippen LogP contribution in [-0.2, 0) is 0 Å². The molecule has 0 saturated carbocycles. The van der Waals surface area contributed by atoms with Gasteiger partial charge in [-0.25, -0.2) is 0 Å². The first-order chi connectivity index (χ1) is 9.58. The van der Waals surface area contributed by atoms with E-state index in [2.05, 4.69) is 43.2 Å². The Bertz CT molecular complexity index is 402. The zero-order valence-corrected chi connectivity index (χ0v) is 13.7. The van der Waals surface area contributed by atoms with Crippen molar-refractivity contribution < 1.29 is 0 Å². The van der Waals surface area contributed by atoms with Crippen LogP contribution in [0.15, 0.2) is 24.3 Å². The lowest BCUT2D eigenvalue weighted by molar-refractivity contribution is 0.187. The molecule has 0 aliphatic carbocycles. The molecule has 1 fully saturated rings. The Hall–Kier alpha value is -0.570. The predicted molar refractivity (Wildman–Crippen MR) is 87.3 cm³/mol. The van der Waals surface area contributed by atoms with Gasteiger partial charge in [0.2, 0.25) is 0 Å². The van der Waals surface area contributed by atoms with Crippen LogP contribution in [0, 0.1) is 5.92 Å². The number of rotatable bonds is 4. The van der Waals surface area contributed by atoms with Crippen molar-refractivity contribution in [3.63, 3.8) is 0 Å². The van der Waals surface area contributed by atoms with Crippen molar-refractivity contribution in [3.8, 4) is 0 Å². The number of benzene rings is 1. The van der Waals surface area contributed by atoms with Gasteiger partial charge in [0, 0.05) is 23.7 Å². The molecule has 0 amide bonds. The van der Waals surface area contributed by atoms with Crippen molar-refractivity contribution in [1.82, 2.24) is 10.2 Å². The third-order valence-electron chi connectivity index (χ3n) is 4.26. The van der Waals surface area contributed by atoms with Gasteiger partial charge in [-0.2, -0.15) is 0 Å². The third kappa shape index (κ3) is 4.21. The molecule has 2 atom stereocenters. The first-order valence-corrected chi connectivity index (χ1v) is 8.15. The maximum absolute atomic E-state index is 6.03. The van der Waals surface area contributed by atoms with E-state index in [1.54, 1.807) is 0 Å². The average Bonchev–Trinajstić information content (AvgIpc) is 2.59. The smallest absolute Gasteiger partial charge is 0.0406 e. The molecule has 1 saturated heterocycles. The molecule has 2 rings (SSSR count). The Labute approximate surface area is 128 Å². The van der Waals surface area contributed by atoms with Crippen LogP contribution >= 0.6 is 11.6 Å². The molecule has 0 radical (unpaired) electrons. The van der Waals surface area contributed by atoms with E-state index in [-0.39, 0.29) is 0 Å². The molecule has 1 heterocycles. The van der Waals surface area contributed by atoms with E-state index in [0.717, 1.165) is 11.6 Å². The van der Waals surface area contributed by atoms with Crippen LogP contribution in [0.5, 0.6) is 0 Å². The van der Waals surface area contributed by atoms with Gasteiger partial charge in [0.05, 0.1) is 0 Å². The second kappa shape index (κ2) is 7.44. The van der Waals surface area contributed by atoms with Crippen LogP contribution in [-0.4, -0.2) is 31.1 Å². The van der Waals surface area contributed by atoms with Gasteiger partial charge in [-0.15, -0.1) is 0 Å². The number of likely N-dealkylation sites (tertiary alicyclic amines) is 1. The summed E-state index contributed by atoms with van der Waals surface area (Å²) in [5.74, 6) is 0.672. The second-order valence-corrected chi connectivity index (χ2v) is 6.73. The van der Waals surface area contributed by atoms with E-state index in [0.29, 0.717) is 18.0 Å². The molecule has 2 unspecified atom stereocenters. The van der Waals surface area contributed by atoms with Crippen molar-refractivity contribution >= 4 is 11.6 Å². The zero-order valence-electron chi connectivity index (χ0n) is 12.9. The molecule has 20 heavy (non-hydrogen) atoms. The highest BCUT2D eigenvalue weighted by atomic mass is 35.5. The molecule has 1 aromatic rings. The van der Waals surface area contributed by atoms with Crippen molar-refractivity contribution in [1.29, 1.82) is 0 Å². The molecule has 0 bridgehead atoms. The number of hydrogen-bond donors (Lipinski definition) is 1. The van der Waals surface area contributed by atoms with Crippen LogP contribution < -0.4 is 5.32 Å². The van der Waals surface area contributed by atoms with Crippen molar-refractivity contribution in [2.45, 2.75) is 45.2 Å². The Morgan fingerprint density at radius 3 is 2.60 bits per heavy atom. The van der Waals surface area contributed by atoms with Gasteiger partial charge in [-0.3, -0.25) is 4.90 Å². The zero-order chi connectivity index (χ0) is 14.5. The molecule has 2 nitrogen and oxygen atoms in total. The molecular weight excluding hydrogens is 268 g/mol. The van der Waals surface area contributed by atoms with E-state index in [9.17, 15) is 0 Å². The lowest BCUT2D eigenvalue weighted by atomic mass is 9.89. The first kappa shape index (κ1) is 15.8. The van der Waals surface area contributed by atoms with Crippen LogP contribution in [0.1, 0.15) is 44.7 Å². The minimum Gasteiger partial charge on any atom is -0.314 e. The number of hydrogen-bond acceptors (Lipinski definition) is 2. The topological polar surface area (TPSA) is 15.3 Å². The van der Waals surface area contributed by atoms with Gasteiger partial charge in [-0.1, -0.05) is 44.0 Å². The summed E-state index contributed by atoms with van der Waals surface area (Å²) in [6, 6.07) is 9.47. The Morgan fingerprint density at radius 2 is 1.95 bits per heavy atom. The van der Waals surface area contributed by atoms with Gasteiger partial charge in [-0.05, 0) is 50.0 Å². The highest BCUT2D eigenvalue weighted by molar-refractivity contribution is 6.30. The quantitative estimate of drug-likeness (QED) is 0.899. The summed E-state index contributed by atoms with van der Waals surface area (Å²) in [5.41, 5.74) is 1.40. The SMILES string of the molecule is CC(C)NCC1CCCCN(C)C1c1ccc(Cl)cc1. The number of nitrogens with zero attached hydrogens (tertiary/aromatic N) is 1. The van der Waals surface area contributed by atoms with Crippen LogP contribution in [0.3, 0.4) is 0 Å². The fourth-order valence-electron chi connectivity index (χ4n) is 3.21. The van der Waals surface area contributed by atoms with E-state index < -0.39 is 0 Å². The first-order valence-electron chi connectivity index (χ1n) is 7.77. The van der Waals surface area contributed by atoms with Crippen LogP contribution in [0.2, 0.25) is 5.02 Å². The summed E-state index contributed by atoms with van der Waals surface area (Å²) in [7, 11) is 2.26. The molecule has 1 aromatic carbocycles. The fourth-order valence-corrected chi connectivity index (χ4v) is 3.34. The third-order valence-corrected chi connectivity index (χ3v) is 4.51. The van der Waals surface area contributed by atoms with Crippen LogP contribution in [0.4, 0.5) is 0 Å². The molecule has 0 aromatic heterocycles. The van der Waals surface area contributed by atoms with Crippen LogP contribution in [0.25, 0.3) is 0 Å². The lowest BCUT2D eigenvalue weighted by Crippen LogP contribution is -2.37. The second-order valence-electron chi connectivity index (χ2n) is 6.30. The maximum atomic E-state index is 6.03. The minimum atomic E-state index is 0.501. The molecule has 1 N–H and O–H groups in total. The molecular formula is C17H27ClN2. The van der Waals surface area contributed by atoms with E-state index >= 15 is 0 Å². The minimum absolute atomic E-state index is 0.501. The van der Waals surface area contributed by atoms with E-state index in [1.807, 2.05) is 12.1 Å². The van der Waals surface area contributed by atoms with E-state index in [1.165, 1.54) is 31.4 Å². The summed E-state index contributed by atoms with van der Waals surface area (Å²) >= 11 is 6.03. The highest BCUT2D eigenvalue weighted by Crippen LogP contribution is 2.34.